The SMILES string of the molecule is CC(C)CCCCCCCCCCCCCCC(=O)OC[C@H](COC(=O)CCCCCCCCCCCC(C)C)OC(=O)CCCCCCCCC(C)C. The predicted molar refractivity (Wildman–Crippen MR) is 229 cm³/mol. The van der Waals surface area contributed by atoms with Gasteiger partial charge in [0.25, 0.3) is 0 Å². The van der Waals surface area contributed by atoms with Gasteiger partial charge in [-0.3, -0.25) is 14.4 Å². The summed E-state index contributed by atoms with van der Waals surface area (Å²) in [6.45, 7) is 13.6. The molecule has 0 aromatic heterocycles. The molecule has 0 saturated heterocycles. The van der Waals surface area contributed by atoms with Crippen molar-refractivity contribution in [2.45, 2.75) is 260 Å². The molecule has 0 heterocycles. The van der Waals surface area contributed by atoms with Crippen molar-refractivity contribution in [3.8, 4) is 0 Å². The normalized spacial score (nSPS) is 12.2. The standard InChI is InChI=1S/C48H92O6/c1-42(2)34-28-22-16-12-9-7-8-10-14-18-25-31-37-46(49)52-40-45(54-48(51)39-33-27-21-20-24-30-36-44(5)6)41-53-47(50)38-32-26-19-15-11-13-17-23-29-35-43(3)4/h42-45H,7-41H2,1-6H3/t45-/m1/s1. The van der Waals surface area contributed by atoms with E-state index in [1.807, 2.05) is 0 Å². The third-order valence-electron chi connectivity index (χ3n) is 10.6. The number of hydrogen-bond donors (Lipinski definition) is 0. The molecule has 6 nitrogen and oxygen atoms in total. The van der Waals surface area contributed by atoms with Gasteiger partial charge in [-0.1, -0.05) is 215 Å². The van der Waals surface area contributed by atoms with Crippen molar-refractivity contribution in [2.24, 2.45) is 17.8 Å². The lowest BCUT2D eigenvalue weighted by atomic mass is 10.0. The van der Waals surface area contributed by atoms with Gasteiger partial charge in [0.1, 0.15) is 13.2 Å². The van der Waals surface area contributed by atoms with Crippen molar-refractivity contribution in [3.05, 3.63) is 0 Å². The zero-order valence-corrected chi connectivity index (χ0v) is 37.0. The Morgan fingerprint density at radius 3 is 0.796 bits per heavy atom. The van der Waals surface area contributed by atoms with Crippen molar-refractivity contribution in [2.75, 3.05) is 13.2 Å². The molecule has 1 atom stereocenters. The van der Waals surface area contributed by atoms with Crippen LogP contribution in [0.25, 0.3) is 0 Å². The van der Waals surface area contributed by atoms with Crippen LogP contribution in [-0.4, -0.2) is 37.2 Å². The van der Waals surface area contributed by atoms with Crippen molar-refractivity contribution in [3.63, 3.8) is 0 Å². The molecule has 0 bridgehead atoms. The highest BCUT2D eigenvalue weighted by Crippen LogP contribution is 2.17. The van der Waals surface area contributed by atoms with Crippen LogP contribution in [0.2, 0.25) is 0 Å². The van der Waals surface area contributed by atoms with Crippen molar-refractivity contribution < 1.29 is 28.6 Å². The molecule has 6 heteroatoms. The van der Waals surface area contributed by atoms with Crippen LogP contribution in [0, 0.1) is 17.8 Å². The number of carbonyl (C=O) groups is 3. The van der Waals surface area contributed by atoms with Crippen molar-refractivity contribution in [1.29, 1.82) is 0 Å². The van der Waals surface area contributed by atoms with Crippen LogP contribution in [0.4, 0.5) is 0 Å². The Kier molecular flexibility index (Phi) is 38.5. The minimum absolute atomic E-state index is 0.0666. The average Bonchev–Trinajstić information content (AvgIpc) is 3.12. The molecule has 0 aromatic rings. The van der Waals surface area contributed by atoms with E-state index in [-0.39, 0.29) is 31.1 Å². The monoisotopic (exact) mass is 765 g/mol. The van der Waals surface area contributed by atoms with E-state index in [1.165, 1.54) is 135 Å². The summed E-state index contributed by atoms with van der Waals surface area (Å²) < 4.78 is 16.7. The number of unbranched alkanes of at least 4 members (excludes halogenated alkanes) is 24. The highest BCUT2D eigenvalue weighted by molar-refractivity contribution is 5.71. The summed E-state index contributed by atoms with van der Waals surface area (Å²) in [5.41, 5.74) is 0. The molecule has 0 aromatic carbocycles. The maximum atomic E-state index is 12.7. The van der Waals surface area contributed by atoms with Gasteiger partial charge < -0.3 is 14.2 Å². The summed E-state index contributed by atoms with van der Waals surface area (Å²) in [4.78, 5) is 37.7. The molecule has 0 unspecified atom stereocenters. The van der Waals surface area contributed by atoms with E-state index in [4.69, 9.17) is 14.2 Å². The largest absolute Gasteiger partial charge is 0.462 e. The fourth-order valence-electron chi connectivity index (χ4n) is 7.06. The number of carbonyl (C=O) groups excluding carboxylic acids is 3. The minimum Gasteiger partial charge on any atom is -0.462 e. The molecule has 0 aliphatic carbocycles. The molecule has 0 N–H and O–H groups in total. The van der Waals surface area contributed by atoms with E-state index in [9.17, 15) is 14.4 Å². The van der Waals surface area contributed by atoms with Gasteiger partial charge in [-0.05, 0) is 37.0 Å². The fourth-order valence-corrected chi connectivity index (χ4v) is 7.06. The van der Waals surface area contributed by atoms with Crippen LogP contribution in [0.5, 0.6) is 0 Å². The zero-order chi connectivity index (χ0) is 39.9. The molecule has 0 radical (unpaired) electrons. The Morgan fingerprint density at radius 1 is 0.315 bits per heavy atom. The summed E-state index contributed by atoms with van der Waals surface area (Å²) in [5.74, 6) is 1.54. The van der Waals surface area contributed by atoms with Crippen LogP contribution in [0.1, 0.15) is 253 Å². The Balaban J connectivity index is 4.29. The highest BCUT2D eigenvalue weighted by Gasteiger charge is 2.19. The van der Waals surface area contributed by atoms with E-state index in [2.05, 4.69) is 41.5 Å². The maximum absolute atomic E-state index is 12.7. The summed E-state index contributed by atoms with van der Waals surface area (Å²) in [5, 5.41) is 0. The Hall–Kier alpha value is -1.59. The molecular weight excluding hydrogens is 673 g/mol. The van der Waals surface area contributed by atoms with Gasteiger partial charge in [0.05, 0.1) is 0 Å². The topological polar surface area (TPSA) is 78.9 Å². The van der Waals surface area contributed by atoms with E-state index >= 15 is 0 Å². The second-order valence-corrected chi connectivity index (χ2v) is 17.8. The lowest BCUT2D eigenvalue weighted by Gasteiger charge is -2.18. The maximum Gasteiger partial charge on any atom is 0.306 e. The fraction of sp³-hybridized carbons (Fsp3) is 0.938. The van der Waals surface area contributed by atoms with Crippen LogP contribution in [0.3, 0.4) is 0 Å². The van der Waals surface area contributed by atoms with E-state index < -0.39 is 6.10 Å². The van der Waals surface area contributed by atoms with Crippen LogP contribution >= 0.6 is 0 Å². The van der Waals surface area contributed by atoms with Gasteiger partial charge in [0.2, 0.25) is 0 Å². The van der Waals surface area contributed by atoms with Gasteiger partial charge in [-0.2, -0.15) is 0 Å². The van der Waals surface area contributed by atoms with Crippen molar-refractivity contribution >= 4 is 17.9 Å². The number of hydrogen-bond acceptors (Lipinski definition) is 6. The first kappa shape index (κ1) is 52.4. The molecule has 320 valence electrons. The summed E-state index contributed by atoms with van der Waals surface area (Å²) in [7, 11) is 0. The number of rotatable bonds is 41. The Morgan fingerprint density at radius 2 is 0.537 bits per heavy atom. The summed E-state index contributed by atoms with van der Waals surface area (Å²) in [6, 6.07) is 0. The Labute approximate surface area is 336 Å². The summed E-state index contributed by atoms with van der Waals surface area (Å²) >= 11 is 0. The Bertz CT molecular complexity index is 837. The molecule has 0 aliphatic heterocycles. The lowest BCUT2D eigenvalue weighted by molar-refractivity contribution is -0.167. The molecule has 0 aliphatic rings. The molecule has 0 rings (SSSR count). The third-order valence-corrected chi connectivity index (χ3v) is 10.6. The van der Waals surface area contributed by atoms with E-state index in [0.717, 1.165) is 75.5 Å². The van der Waals surface area contributed by atoms with Crippen molar-refractivity contribution in [1.82, 2.24) is 0 Å². The molecule has 0 saturated carbocycles. The third kappa shape index (κ3) is 41.6. The molecule has 54 heavy (non-hydrogen) atoms. The second kappa shape index (κ2) is 39.6. The highest BCUT2D eigenvalue weighted by atomic mass is 16.6. The second-order valence-electron chi connectivity index (χ2n) is 17.8. The minimum atomic E-state index is -0.762. The zero-order valence-electron chi connectivity index (χ0n) is 37.0. The molecule has 0 amide bonds. The van der Waals surface area contributed by atoms with E-state index in [1.54, 1.807) is 0 Å². The molecule has 0 spiro atoms. The van der Waals surface area contributed by atoms with Crippen LogP contribution in [0.15, 0.2) is 0 Å². The van der Waals surface area contributed by atoms with Gasteiger partial charge in [-0.15, -0.1) is 0 Å². The van der Waals surface area contributed by atoms with Crippen LogP contribution in [-0.2, 0) is 28.6 Å². The first-order valence-electron chi connectivity index (χ1n) is 23.6. The predicted octanol–water partition coefficient (Wildman–Crippen LogP) is 14.8. The first-order valence-corrected chi connectivity index (χ1v) is 23.6. The smallest absolute Gasteiger partial charge is 0.306 e. The van der Waals surface area contributed by atoms with Gasteiger partial charge in [-0.25, -0.2) is 0 Å². The van der Waals surface area contributed by atoms with Gasteiger partial charge >= 0.3 is 17.9 Å². The number of ether oxygens (including phenoxy) is 3. The quantitative estimate of drug-likeness (QED) is 0.0350. The molecular formula is C48H92O6. The lowest BCUT2D eigenvalue weighted by Crippen LogP contribution is -2.30. The number of esters is 3. The van der Waals surface area contributed by atoms with E-state index in [0.29, 0.717) is 19.3 Å². The molecule has 0 fully saturated rings. The van der Waals surface area contributed by atoms with Gasteiger partial charge in [0.15, 0.2) is 6.10 Å². The first-order chi connectivity index (χ1) is 26.1. The van der Waals surface area contributed by atoms with Crippen LogP contribution < -0.4 is 0 Å². The van der Waals surface area contributed by atoms with Gasteiger partial charge in [0, 0.05) is 19.3 Å². The summed E-state index contributed by atoms with van der Waals surface area (Å²) in [6.07, 6.45) is 36.8. The average molecular weight is 765 g/mol.